The van der Waals surface area contributed by atoms with Crippen molar-refractivity contribution in [2.45, 2.75) is 13.0 Å². The molecule has 1 aliphatic rings. The molecule has 0 unspecified atom stereocenters. The third kappa shape index (κ3) is 2.18. The second-order valence-corrected chi connectivity index (χ2v) is 6.51. The van der Waals surface area contributed by atoms with Gasteiger partial charge in [-0.1, -0.05) is 0 Å². The number of halogens is 1. The van der Waals surface area contributed by atoms with Gasteiger partial charge >= 0.3 is 0 Å². The minimum atomic E-state index is 0.783. The first-order valence-electron chi connectivity index (χ1n) is 5.84. The molecule has 0 fully saturated rings. The van der Waals surface area contributed by atoms with Gasteiger partial charge in [0.15, 0.2) is 0 Å². The first kappa shape index (κ1) is 12.1. The number of aromatic nitrogens is 1. The lowest BCUT2D eigenvalue weighted by Gasteiger charge is -2.00. The molecule has 1 aliphatic heterocycles. The van der Waals surface area contributed by atoms with Crippen molar-refractivity contribution >= 4 is 27.3 Å². The van der Waals surface area contributed by atoms with Gasteiger partial charge in [-0.15, -0.1) is 11.3 Å². The third-order valence-electron chi connectivity index (χ3n) is 2.93. The second kappa shape index (κ2) is 4.99. The van der Waals surface area contributed by atoms with Crippen LogP contribution in [0.4, 0.5) is 0 Å². The Bertz CT molecular complexity index is 582. The minimum Gasteiger partial charge on any atom is -0.493 e. The Kier molecular flexibility index (Phi) is 3.37. The zero-order chi connectivity index (χ0) is 12.5. The number of nitrogens with one attached hydrogen (secondary N) is 1. The molecule has 0 atom stereocenters. The Morgan fingerprint density at radius 1 is 1.50 bits per heavy atom. The Balaban J connectivity index is 1.97. The van der Waals surface area contributed by atoms with Crippen LogP contribution in [0.3, 0.4) is 0 Å². The van der Waals surface area contributed by atoms with Gasteiger partial charge in [0.2, 0.25) is 0 Å². The normalized spacial score (nSPS) is 13.4. The topological polar surface area (TPSA) is 34.2 Å². The first-order valence-corrected chi connectivity index (χ1v) is 7.45. The van der Waals surface area contributed by atoms with Gasteiger partial charge < -0.3 is 10.1 Å². The Labute approximate surface area is 118 Å². The number of rotatable bonds is 3. The largest absolute Gasteiger partial charge is 0.493 e. The van der Waals surface area contributed by atoms with Crippen LogP contribution in [0.1, 0.15) is 11.3 Å². The molecule has 0 radical (unpaired) electrons. The summed E-state index contributed by atoms with van der Waals surface area (Å²) in [6.45, 7) is 1.58. The second-order valence-electron chi connectivity index (χ2n) is 4.19. The van der Waals surface area contributed by atoms with Gasteiger partial charge in [0.25, 0.3) is 0 Å². The Morgan fingerprint density at radius 3 is 3.22 bits per heavy atom. The maximum absolute atomic E-state index is 5.52. The van der Waals surface area contributed by atoms with Crippen molar-refractivity contribution in [3.63, 3.8) is 0 Å². The van der Waals surface area contributed by atoms with Crippen molar-refractivity contribution in [2.24, 2.45) is 0 Å². The van der Waals surface area contributed by atoms with Crippen LogP contribution in [0.15, 0.2) is 22.0 Å². The summed E-state index contributed by atoms with van der Waals surface area (Å²) < 4.78 is 6.62. The summed E-state index contributed by atoms with van der Waals surface area (Å²) >= 11 is 5.25. The molecule has 1 aromatic heterocycles. The van der Waals surface area contributed by atoms with Crippen LogP contribution in [0.5, 0.6) is 5.75 Å². The van der Waals surface area contributed by atoms with Crippen LogP contribution in [0, 0.1) is 0 Å². The molecule has 0 amide bonds. The van der Waals surface area contributed by atoms with Crippen LogP contribution < -0.4 is 10.1 Å². The predicted molar refractivity (Wildman–Crippen MR) is 77.2 cm³/mol. The number of hydrogen-bond acceptors (Lipinski definition) is 4. The van der Waals surface area contributed by atoms with E-state index in [1.54, 1.807) is 11.3 Å². The van der Waals surface area contributed by atoms with Crippen molar-refractivity contribution in [1.29, 1.82) is 0 Å². The van der Waals surface area contributed by atoms with E-state index in [1.165, 1.54) is 11.1 Å². The molecule has 1 aromatic carbocycles. The van der Waals surface area contributed by atoms with E-state index < -0.39 is 0 Å². The number of fused-ring (bicyclic) bond motifs is 1. The van der Waals surface area contributed by atoms with E-state index in [0.29, 0.717) is 0 Å². The van der Waals surface area contributed by atoms with Crippen LogP contribution in [0.25, 0.3) is 10.6 Å². The molecule has 1 N–H and O–H groups in total. The highest BCUT2D eigenvalue weighted by Gasteiger charge is 2.15. The maximum atomic E-state index is 5.52. The van der Waals surface area contributed by atoms with Gasteiger partial charge in [-0.25, -0.2) is 4.98 Å². The Morgan fingerprint density at radius 2 is 2.39 bits per heavy atom. The highest BCUT2D eigenvalue weighted by molar-refractivity contribution is 9.11. The quantitative estimate of drug-likeness (QED) is 0.941. The van der Waals surface area contributed by atoms with Gasteiger partial charge in [-0.05, 0) is 46.7 Å². The predicted octanol–water partition coefficient (Wildman–Crippen LogP) is 3.23. The number of benzene rings is 1. The lowest BCUT2D eigenvalue weighted by molar-refractivity contribution is 0.357. The molecule has 3 nitrogen and oxygen atoms in total. The van der Waals surface area contributed by atoms with E-state index in [1.807, 2.05) is 13.1 Å². The molecule has 0 bridgehead atoms. The van der Waals surface area contributed by atoms with Gasteiger partial charge in [-0.3, -0.25) is 0 Å². The van der Waals surface area contributed by atoms with E-state index in [2.05, 4.69) is 38.4 Å². The molecular weight excluding hydrogens is 312 g/mol. The van der Waals surface area contributed by atoms with Crippen LogP contribution >= 0.6 is 27.3 Å². The van der Waals surface area contributed by atoms with Crippen LogP contribution in [0.2, 0.25) is 0 Å². The standard InChI is InChI=1S/C13H13BrN2OS/c1-15-7-10-12(14)18-13(16-10)9-2-3-11-8(6-9)4-5-17-11/h2-3,6,15H,4-5,7H2,1H3. The number of ether oxygens (including phenoxy) is 1. The number of hydrogen-bond donors (Lipinski definition) is 1. The van der Waals surface area contributed by atoms with Crippen molar-refractivity contribution in [1.82, 2.24) is 10.3 Å². The third-order valence-corrected chi connectivity index (χ3v) is 4.81. The summed E-state index contributed by atoms with van der Waals surface area (Å²) in [6.07, 6.45) is 0.999. The average molecular weight is 325 g/mol. The fraction of sp³-hybridized carbons (Fsp3) is 0.308. The van der Waals surface area contributed by atoms with E-state index >= 15 is 0 Å². The molecule has 5 heteroatoms. The van der Waals surface area contributed by atoms with Gasteiger partial charge in [0.05, 0.1) is 16.1 Å². The van der Waals surface area contributed by atoms with Crippen molar-refractivity contribution in [3.8, 4) is 16.3 Å². The first-order chi connectivity index (χ1) is 8.78. The molecule has 0 aliphatic carbocycles. The number of thiazole rings is 1. The Hall–Kier alpha value is -0.910. The van der Waals surface area contributed by atoms with E-state index in [4.69, 9.17) is 4.74 Å². The van der Waals surface area contributed by atoms with Crippen molar-refractivity contribution in [3.05, 3.63) is 33.2 Å². The maximum Gasteiger partial charge on any atom is 0.124 e. The lowest BCUT2D eigenvalue weighted by atomic mass is 10.1. The summed E-state index contributed by atoms with van der Waals surface area (Å²) in [5, 5.41) is 4.18. The molecule has 0 saturated heterocycles. The van der Waals surface area contributed by atoms with E-state index in [0.717, 1.165) is 39.8 Å². The van der Waals surface area contributed by atoms with Gasteiger partial charge in [0, 0.05) is 18.5 Å². The summed E-state index contributed by atoms with van der Waals surface area (Å²) in [4.78, 5) is 4.66. The SMILES string of the molecule is CNCc1nc(-c2ccc3c(c2)CCO3)sc1Br. The highest BCUT2D eigenvalue weighted by atomic mass is 79.9. The fourth-order valence-electron chi connectivity index (χ4n) is 2.05. The zero-order valence-electron chi connectivity index (χ0n) is 10.00. The van der Waals surface area contributed by atoms with Crippen LogP contribution in [-0.2, 0) is 13.0 Å². The molecule has 0 spiro atoms. The zero-order valence-corrected chi connectivity index (χ0v) is 12.4. The highest BCUT2D eigenvalue weighted by Crippen LogP contribution is 2.35. The lowest BCUT2D eigenvalue weighted by Crippen LogP contribution is -2.05. The molecule has 3 rings (SSSR count). The average Bonchev–Trinajstić information content (AvgIpc) is 2.96. The molecule has 2 heterocycles. The van der Waals surface area contributed by atoms with Crippen molar-refractivity contribution < 1.29 is 4.74 Å². The molecule has 18 heavy (non-hydrogen) atoms. The molecular formula is C13H13BrN2OS. The summed E-state index contributed by atoms with van der Waals surface area (Å²) in [6, 6.07) is 6.32. The fourth-order valence-corrected chi connectivity index (χ4v) is 3.55. The van der Waals surface area contributed by atoms with E-state index in [-0.39, 0.29) is 0 Å². The monoisotopic (exact) mass is 324 g/mol. The molecule has 94 valence electrons. The number of nitrogens with zero attached hydrogens (tertiary/aromatic N) is 1. The smallest absolute Gasteiger partial charge is 0.124 e. The summed E-state index contributed by atoms with van der Waals surface area (Å²) in [7, 11) is 1.93. The van der Waals surface area contributed by atoms with Gasteiger partial charge in [-0.2, -0.15) is 0 Å². The minimum absolute atomic E-state index is 0.783. The summed E-state index contributed by atoms with van der Waals surface area (Å²) in [5.41, 5.74) is 3.52. The van der Waals surface area contributed by atoms with E-state index in [9.17, 15) is 0 Å². The molecule has 2 aromatic rings. The van der Waals surface area contributed by atoms with Crippen molar-refractivity contribution in [2.75, 3.05) is 13.7 Å². The van der Waals surface area contributed by atoms with Gasteiger partial charge in [0.1, 0.15) is 10.8 Å². The summed E-state index contributed by atoms with van der Waals surface area (Å²) in [5.74, 6) is 1.02. The molecule has 0 saturated carbocycles. The van der Waals surface area contributed by atoms with Crippen LogP contribution in [-0.4, -0.2) is 18.6 Å².